The standard InChI is InChI=1S/C33H50N6O8.C11H22.2C2H6/c1-9-21-16-24(39(19-21)26(41)18-35-32(46)47-33(4,5)6)29(43)36-23(15-20(2)3)28(42)30(44)34-17-25(40)37-27(31(45)38(7)8)22-13-11-10-12-14-22;1-9-5-7-10(8-6-9)11(2,3)4;2*1-2/h10-14,20-21,23-24,27H,9,15-19H2,1-8H3,(H,34,44)(H,35,46)(H,36,43)(H,37,40);9-10H,5-8H2,1-4H3;2*1-2H3/t21-,23?,24?,27?;;;/m1.../s1. The maximum Gasteiger partial charge on any atom is 0.408 e. The maximum absolute atomic E-state index is 13.5. The fourth-order valence-electron chi connectivity index (χ4n) is 7.21. The summed E-state index contributed by atoms with van der Waals surface area (Å²) >= 11 is 0. The van der Waals surface area contributed by atoms with Crippen molar-refractivity contribution in [2.45, 2.75) is 166 Å². The average molecular weight is 873 g/mol. The number of likely N-dealkylation sites (tertiary alicyclic amines) is 1. The lowest BCUT2D eigenvalue weighted by molar-refractivity contribution is -0.142. The number of carbonyl (C=O) groups excluding carboxylic acids is 7. The fraction of sp³-hybridized carbons (Fsp3) is 0.729. The van der Waals surface area contributed by atoms with Crippen LogP contribution in [0.15, 0.2) is 30.3 Å². The van der Waals surface area contributed by atoms with E-state index in [1.807, 2.05) is 48.5 Å². The topological polar surface area (TPSA) is 183 Å². The number of rotatable bonds is 14. The van der Waals surface area contributed by atoms with Gasteiger partial charge >= 0.3 is 6.09 Å². The molecule has 1 aromatic carbocycles. The third kappa shape index (κ3) is 21.1. The summed E-state index contributed by atoms with van der Waals surface area (Å²) in [6, 6.07) is 5.48. The molecule has 1 saturated heterocycles. The van der Waals surface area contributed by atoms with Gasteiger partial charge in [0.25, 0.3) is 5.91 Å². The maximum atomic E-state index is 13.5. The van der Waals surface area contributed by atoms with E-state index in [0.29, 0.717) is 30.4 Å². The third-order valence-corrected chi connectivity index (χ3v) is 10.7. The molecule has 2 aliphatic rings. The van der Waals surface area contributed by atoms with Gasteiger partial charge in [-0.1, -0.05) is 126 Å². The molecule has 0 spiro atoms. The minimum Gasteiger partial charge on any atom is -0.444 e. The molecule has 62 heavy (non-hydrogen) atoms. The predicted molar refractivity (Wildman–Crippen MR) is 247 cm³/mol. The molecule has 2 fully saturated rings. The van der Waals surface area contributed by atoms with E-state index in [4.69, 9.17) is 4.74 Å². The predicted octanol–water partition coefficient (Wildman–Crippen LogP) is 7.21. The van der Waals surface area contributed by atoms with E-state index in [0.717, 1.165) is 11.8 Å². The number of Topliss-reactive ketones (excluding diaryl/α,β-unsaturated/α-hetero) is 1. The first-order chi connectivity index (χ1) is 28.9. The van der Waals surface area contributed by atoms with Crippen LogP contribution in [0.3, 0.4) is 0 Å². The zero-order valence-electron chi connectivity index (χ0n) is 41.2. The molecule has 0 bridgehead atoms. The Bertz CT molecular complexity index is 1540. The molecule has 3 rings (SSSR count). The molecule has 1 saturated carbocycles. The Morgan fingerprint density at radius 3 is 1.87 bits per heavy atom. The van der Waals surface area contributed by atoms with Gasteiger partial charge < -0.3 is 35.8 Å². The zero-order valence-corrected chi connectivity index (χ0v) is 41.2. The molecule has 0 radical (unpaired) electrons. The van der Waals surface area contributed by atoms with Crippen molar-refractivity contribution in [2.75, 3.05) is 33.7 Å². The van der Waals surface area contributed by atoms with Gasteiger partial charge in [0, 0.05) is 20.6 Å². The largest absolute Gasteiger partial charge is 0.444 e. The molecule has 354 valence electrons. The lowest BCUT2D eigenvalue weighted by Crippen LogP contribution is -2.55. The second kappa shape index (κ2) is 28.2. The summed E-state index contributed by atoms with van der Waals surface area (Å²) in [6.45, 7) is 27.5. The Kier molecular flexibility index (Phi) is 26.2. The van der Waals surface area contributed by atoms with Crippen molar-refractivity contribution in [3.63, 3.8) is 0 Å². The van der Waals surface area contributed by atoms with Crippen LogP contribution in [-0.2, 0) is 33.5 Å². The first kappa shape index (κ1) is 57.5. The second-order valence-electron chi connectivity index (χ2n) is 18.6. The van der Waals surface area contributed by atoms with Crippen LogP contribution in [0.1, 0.15) is 153 Å². The second-order valence-corrected chi connectivity index (χ2v) is 18.6. The number of hydrogen-bond donors (Lipinski definition) is 4. The van der Waals surface area contributed by atoms with E-state index in [9.17, 15) is 33.6 Å². The molecular weight excluding hydrogens is 789 g/mol. The van der Waals surface area contributed by atoms with Gasteiger partial charge in [0.15, 0.2) is 0 Å². The van der Waals surface area contributed by atoms with Crippen LogP contribution in [0.4, 0.5) is 4.79 Å². The molecule has 14 heteroatoms. The third-order valence-electron chi connectivity index (χ3n) is 10.7. The van der Waals surface area contributed by atoms with Crippen molar-refractivity contribution in [1.29, 1.82) is 0 Å². The monoisotopic (exact) mass is 873 g/mol. The summed E-state index contributed by atoms with van der Waals surface area (Å²) in [5.74, 6) is -2.25. The highest BCUT2D eigenvalue weighted by molar-refractivity contribution is 6.38. The van der Waals surface area contributed by atoms with Crippen molar-refractivity contribution in [1.82, 2.24) is 31.1 Å². The number of amides is 6. The number of nitrogens with zero attached hydrogens (tertiary/aromatic N) is 2. The molecule has 1 aromatic rings. The summed E-state index contributed by atoms with van der Waals surface area (Å²) in [7, 11) is 3.11. The summed E-state index contributed by atoms with van der Waals surface area (Å²) in [4.78, 5) is 93.0. The van der Waals surface area contributed by atoms with Gasteiger partial charge in [0.1, 0.15) is 24.2 Å². The Hall–Kier alpha value is -4.49. The smallest absolute Gasteiger partial charge is 0.408 e. The number of ether oxygens (including phenoxy) is 1. The molecule has 1 aliphatic carbocycles. The molecule has 3 unspecified atom stereocenters. The number of carbonyl (C=O) groups is 7. The first-order valence-electron chi connectivity index (χ1n) is 22.9. The van der Waals surface area contributed by atoms with E-state index >= 15 is 0 Å². The highest BCUT2D eigenvalue weighted by atomic mass is 16.6. The van der Waals surface area contributed by atoms with Crippen molar-refractivity contribution < 1.29 is 38.3 Å². The number of alkyl carbamates (subject to hydrolysis) is 1. The number of likely N-dealkylation sites (N-methyl/N-ethyl adjacent to an activating group) is 1. The van der Waals surface area contributed by atoms with Gasteiger partial charge in [-0.05, 0) is 81.1 Å². The van der Waals surface area contributed by atoms with Crippen LogP contribution in [0, 0.1) is 29.1 Å². The molecule has 1 aliphatic heterocycles. The molecule has 14 nitrogen and oxygen atoms in total. The van der Waals surface area contributed by atoms with Gasteiger partial charge in [-0.25, -0.2) is 4.79 Å². The van der Waals surface area contributed by atoms with Crippen molar-refractivity contribution in [2.24, 2.45) is 29.1 Å². The van der Waals surface area contributed by atoms with Gasteiger partial charge in [-0.3, -0.25) is 28.8 Å². The SMILES string of the molecule is CC.CC.CC1CCC(C(C)(C)C)CC1.CC[C@@H]1CC(C(=O)NC(CC(C)C)C(=O)C(=O)NCC(=O)NC(C(=O)N(C)C)c2ccccc2)N(C(=O)CNC(=O)OC(C)(C)C)C1. The normalized spacial score (nSPS) is 19.3. The first-order valence-corrected chi connectivity index (χ1v) is 22.9. The molecule has 4 N–H and O–H groups in total. The highest BCUT2D eigenvalue weighted by Crippen LogP contribution is 2.39. The summed E-state index contributed by atoms with van der Waals surface area (Å²) in [5, 5.41) is 9.97. The lowest BCUT2D eigenvalue weighted by Gasteiger charge is -2.35. The van der Waals surface area contributed by atoms with Crippen LogP contribution in [0.2, 0.25) is 0 Å². The number of nitrogens with one attached hydrogen (secondary N) is 4. The van der Waals surface area contributed by atoms with E-state index in [1.54, 1.807) is 65.2 Å². The van der Waals surface area contributed by atoms with E-state index in [-0.39, 0.29) is 30.7 Å². The summed E-state index contributed by atoms with van der Waals surface area (Å²) in [5.41, 5.74) is 0.354. The number of hydrogen-bond acceptors (Lipinski definition) is 8. The van der Waals surface area contributed by atoms with Crippen LogP contribution < -0.4 is 21.3 Å². The van der Waals surface area contributed by atoms with Crippen molar-refractivity contribution in [3.8, 4) is 0 Å². The zero-order chi connectivity index (χ0) is 48.0. The lowest BCUT2D eigenvalue weighted by atomic mass is 9.70. The van der Waals surface area contributed by atoms with Crippen LogP contribution in [0.25, 0.3) is 0 Å². The average Bonchev–Trinajstić information content (AvgIpc) is 3.66. The minimum atomic E-state index is -1.21. The molecular formula is C48H84N6O8. The van der Waals surface area contributed by atoms with E-state index in [1.165, 1.54) is 35.5 Å². The van der Waals surface area contributed by atoms with Crippen LogP contribution in [-0.4, -0.2) is 103 Å². The Morgan fingerprint density at radius 2 is 1.39 bits per heavy atom. The molecule has 0 aromatic heterocycles. The van der Waals surface area contributed by atoms with Crippen LogP contribution in [0.5, 0.6) is 0 Å². The molecule has 1 heterocycles. The molecule has 4 atom stereocenters. The molecule has 6 amide bonds. The van der Waals surface area contributed by atoms with Gasteiger partial charge in [-0.15, -0.1) is 0 Å². The fourth-order valence-corrected chi connectivity index (χ4v) is 7.21. The number of ketones is 1. The number of benzene rings is 1. The minimum absolute atomic E-state index is 0.0244. The van der Waals surface area contributed by atoms with E-state index in [2.05, 4.69) is 49.0 Å². The van der Waals surface area contributed by atoms with Gasteiger partial charge in [0.2, 0.25) is 29.4 Å². The highest BCUT2D eigenvalue weighted by Gasteiger charge is 2.41. The van der Waals surface area contributed by atoms with Crippen molar-refractivity contribution >= 4 is 41.4 Å². The summed E-state index contributed by atoms with van der Waals surface area (Å²) < 4.78 is 5.18. The Morgan fingerprint density at radius 1 is 0.823 bits per heavy atom. The Labute approximate surface area is 374 Å². The quantitative estimate of drug-likeness (QED) is 0.141. The Balaban J connectivity index is 0.00000210. The van der Waals surface area contributed by atoms with E-state index < -0.39 is 65.8 Å². The van der Waals surface area contributed by atoms with Gasteiger partial charge in [-0.2, -0.15) is 0 Å². The van der Waals surface area contributed by atoms with Gasteiger partial charge in [0.05, 0.1) is 12.6 Å². The van der Waals surface area contributed by atoms with Crippen LogP contribution >= 0.6 is 0 Å². The summed E-state index contributed by atoms with van der Waals surface area (Å²) in [6.07, 6.45) is 6.27. The van der Waals surface area contributed by atoms with Crippen molar-refractivity contribution in [3.05, 3.63) is 35.9 Å².